The first-order chi connectivity index (χ1) is 18.8. The van der Waals surface area contributed by atoms with Crippen LogP contribution in [0.3, 0.4) is 0 Å². The summed E-state index contributed by atoms with van der Waals surface area (Å²) in [6.07, 6.45) is 2.75. The molecule has 1 fully saturated rings. The molecule has 3 aromatic rings. The Hall–Kier alpha value is -4.21. The highest BCUT2D eigenvalue weighted by atomic mass is 35.5. The highest BCUT2D eigenvalue weighted by molar-refractivity contribution is 6.32. The van der Waals surface area contributed by atoms with Gasteiger partial charge in [0, 0.05) is 44.9 Å². The standard InChI is InChI=1S/C29H29ClN4O5/c1-2-39-29(36)23-10-12-26(33-16-14-32(15-17-33)20-22-6-4-3-5-7-22)25(19-23)31-28(35)13-9-21-8-11-24(30)27(18-21)34(37)38/h3-13,18-19H,2,14-17,20H2,1H3,(H,31,35)/b13-9+. The number of anilines is 2. The van der Waals surface area contributed by atoms with Crippen molar-refractivity contribution >= 4 is 46.6 Å². The number of nitrogens with zero attached hydrogens (tertiary/aromatic N) is 3. The molecule has 1 N–H and O–H groups in total. The summed E-state index contributed by atoms with van der Waals surface area (Å²) in [5, 5.41) is 14.0. The Kier molecular flexibility index (Phi) is 9.30. The predicted molar refractivity (Wildman–Crippen MR) is 152 cm³/mol. The Morgan fingerprint density at radius 3 is 2.49 bits per heavy atom. The number of rotatable bonds is 9. The lowest BCUT2D eigenvalue weighted by molar-refractivity contribution is -0.384. The molecule has 202 valence electrons. The summed E-state index contributed by atoms with van der Waals surface area (Å²) in [5.41, 5.74) is 3.08. The fourth-order valence-corrected chi connectivity index (χ4v) is 4.55. The summed E-state index contributed by atoms with van der Waals surface area (Å²) in [6, 6.07) is 19.7. The van der Waals surface area contributed by atoms with Gasteiger partial charge in [0.25, 0.3) is 5.69 Å². The van der Waals surface area contributed by atoms with Crippen molar-refractivity contribution in [1.29, 1.82) is 0 Å². The zero-order valence-corrected chi connectivity index (χ0v) is 22.3. The van der Waals surface area contributed by atoms with Gasteiger partial charge in [0.05, 0.1) is 28.5 Å². The molecule has 1 heterocycles. The monoisotopic (exact) mass is 548 g/mol. The van der Waals surface area contributed by atoms with E-state index in [-0.39, 0.29) is 17.3 Å². The number of nitro groups is 1. The van der Waals surface area contributed by atoms with Crippen molar-refractivity contribution in [2.75, 3.05) is 43.0 Å². The van der Waals surface area contributed by atoms with Gasteiger partial charge < -0.3 is 15.0 Å². The van der Waals surface area contributed by atoms with Crippen LogP contribution in [0.1, 0.15) is 28.4 Å². The van der Waals surface area contributed by atoms with Crippen molar-refractivity contribution in [2.45, 2.75) is 13.5 Å². The van der Waals surface area contributed by atoms with Crippen LogP contribution in [0.15, 0.2) is 72.8 Å². The smallest absolute Gasteiger partial charge is 0.338 e. The molecule has 1 aliphatic heterocycles. The van der Waals surface area contributed by atoms with Crippen LogP contribution in [0.5, 0.6) is 0 Å². The van der Waals surface area contributed by atoms with Gasteiger partial charge in [-0.25, -0.2) is 4.79 Å². The molecule has 0 aromatic heterocycles. The summed E-state index contributed by atoms with van der Waals surface area (Å²) in [5.74, 6) is -0.922. The molecule has 0 radical (unpaired) electrons. The maximum absolute atomic E-state index is 12.9. The van der Waals surface area contributed by atoms with E-state index in [0.717, 1.165) is 38.4 Å². The van der Waals surface area contributed by atoms with E-state index in [0.29, 0.717) is 16.8 Å². The van der Waals surface area contributed by atoms with Gasteiger partial charge in [0.1, 0.15) is 5.02 Å². The lowest BCUT2D eigenvalue weighted by Gasteiger charge is -2.37. The average Bonchev–Trinajstić information content (AvgIpc) is 2.93. The minimum atomic E-state index is -0.577. The van der Waals surface area contributed by atoms with Gasteiger partial charge in [-0.15, -0.1) is 0 Å². The molecule has 0 aliphatic carbocycles. The number of piperazine rings is 1. The van der Waals surface area contributed by atoms with E-state index >= 15 is 0 Å². The number of carbonyl (C=O) groups excluding carboxylic acids is 2. The second-order valence-corrected chi connectivity index (χ2v) is 9.40. The number of nitrogens with one attached hydrogen (secondary N) is 1. The molecule has 0 saturated carbocycles. The number of halogens is 1. The van der Waals surface area contributed by atoms with E-state index < -0.39 is 16.8 Å². The Morgan fingerprint density at radius 1 is 1.05 bits per heavy atom. The quantitative estimate of drug-likeness (QED) is 0.165. The minimum Gasteiger partial charge on any atom is -0.462 e. The first-order valence-electron chi connectivity index (χ1n) is 12.6. The summed E-state index contributed by atoms with van der Waals surface area (Å²) in [4.78, 5) is 40.4. The van der Waals surface area contributed by atoms with Gasteiger partial charge >= 0.3 is 5.97 Å². The number of nitro benzene ring substituents is 1. The second kappa shape index (κ2) is 13.0. The topological polar surface area (TPSA) is 105 Å². The number of carbonyl (C=O) groups is 2. The first kappa shape index (κ1) is 27.8. The van der Waals surface area contributed by atoms with Crippen LogP contribution in [0, 0.1) is 10.1 Å². The maximum atomic E-state index is 12.9. The van der Waals surface area contributed by atoms with Crippen LogP contribution < -0.4 is 10.2 Å². The fourth-order valence-electron chi connectivity index (χ4n) is 4.36. The van der Waals surface area contributed by atoms with Crippen LogP contribution in [0.4, 0.5) is 17.1 Å². The van der Waals surface area contributed by atoms with E-state index in [1.165, 1.54) is 29.8 Å². The molecule has 0 spiro atoms. The summed E-state index contributed by atoms with van der Waals surface area (Å²) < 4.78 is 5.14. The molecule has 3 aromatic carbocycles. The molecule has 1 saturated heterocycles. The third-order valence-electron chi connectivity index (χ3n) is 6.32. The summed E-state index contributed by atoms with van der Waals surface area (Å²) in [7, 11) is 0. The largest absolute Gasteiger partial charge is 0.462 e. The molecule has 39 heavy (non-hydrogen) atoms. The number of hydrogen-bond donors (Lipinski definition) is 1. The number of hydrogen-bond acceptors (Lipinski definition) is 7. The molecule has 9 nitrogen and oxygen atoms in total. The van der Waals surface area contributed by atoms with Gasteiger partial charge in [-0.2, -0.15) is 0 Å². The summed E-state index contributed by atoms with van der Waals surface area (Å²) in [6.45, 7) is 6.02. The number of amides is 1. The highest BCUT2D eigenvalue weighted by Gasteiger charge is 2.21. The zero-order valence-electron chi connectivity index (χ0n) is 21.5. The predicted octanol–water partition coefficient (Wildman–Crippen LogP) is 5.40. The van der Waals surface area contributed by atoms with Crippen molar-refractivity contribution in [3.8, 4) is 0 Å². The van der Waals surface area contributed by atoms with Crippen molar-refractivity contribution in [3.05, 3.63) is 105 Å². The molecular formula is C29H29ClN4O5. The first-order valence-corrected chi connectivity index (χ1v) is 13.0. The van der Waals surface area contributed by atoms with Gasteiger partial charge in [0.15, 0.2) is 0 Å². The second-order valence-electron chi connectivity index (χ2n) is 8.99. The van der Waals surface area contributed by atoms with Crippen LogP contribution in [-0.2, 0) is 16.1 Å². The number of ether oxygens (including phenoxy) is 1. The van der Waals surface area contributed by atoms with Crippen molar-refractivity contribution in [1.82, 2.24) is 4.90 Å². The molecule has 0 atom stereocenters. The molecule has 4 rings (SSSR count). The molecule has 10 heteroatoms. The van der Waals surface area contributed by atoms with Crippen LogP contribution in [0.2, 0.25) is 5.02 Å². The number of esters is 1. The molecule has 1 aliphatic rings. The molecule has 1 amide bonds. The fraction of sp³-hybridized carbons (Fsp3) is 0.241. The van der Waals surface area contributed by atoms with E-state index in [1.54, 1.807) is 25.1 Å². The molecule has 0 unspecified atom stereocenters. The Morgan fingerprint density at radius 2 is 1.79 bits per heavy atom. The Balaban J connectivity index is 1.50. The normalized spacial score (nSPS) is 13.8. The van der Waals surface area contributed by atoms with Crippen molar-refractivity contribution < 1.29 is 19.2 Å². The van der Waals surface area contributed by atoms with E-state index in [4.69, 9.17) is 16.3 Å². The molecular weight excluding hydrogens is 520 g/mol. The van der Waals surface area contributed by atoms with Crippen molar-refractivity contribution in [2.24, 2.45) is 0 Å². The van der Waals surface area contributed by atoms with Crippen LogP contribution in [0.25, 0.3) is 6.08 Å². The van der Waals surface area contributed by atoms with Crippen molar-refractivity contribution in [3.63, 3.8) is 0 Å². The maximum Gasteiger partial charge on any atom is 0.338 e. The average molecular weight is 549 g/mol. The lowest BCUT2D eigenvalue weighted by atomic mass is 10.1. The lowest BCUT2D eigenvalue weighted by Crippen LogP contribution is -2.46. The zero-order chi connectivity index (χ0) is 27.8. The van der Waals surface area contributed by atoms with E-state index in [2.05, 4.69) is 27.2 Å². The van der Waals surface area contributed by atoms with Crippen LogP contribution >= 0.6 is 11.6 Å². The third kappa shape index (κ3) is 7.43. The summed E-state index contributed by atoms with van der Waals surface area (Å²) >= 11 is 5.87. The minimum absolute atomic E-state index is 0.0193. The van der Waals surface area contributed by atoms with Gasteiger partial charge in [-0.05, 0) is 48.4 Å². The van der Waals surface area contributed by atoms with E-state index in [1.807, 2.05) is 24.3 Å². The van der Waals surface area contributed by atoms with Gasteiger partial charge in [0.2, 0.25) is 5.91 Å². The van der Waals surface area contributed by atoms with Gasteiger partial charge in [-0.3, -0.25) is 19.8 Å². The van der Waals surface area contributed by atoms with Crippen LogP contribution in [-0.4, -0.2) is 54.5 Å². The molecule has 0 bridgehead atoms. The highest BCUT2D eigenvalue weighted by Crippen LogP contribution is 2.30. The Bertz CT molecular complexity index is 1370. The third-order valence-corrected chi connectivity index (χ3v) is 6.64. The Labute approximate surface area is 231 Å². The number of benzene rings is 3. The van der Waals surface area contributed by atoms with E-state index in [9.17, 15) is 19.7 Å². The SMILES string of the molecule is CCOC(=O)c1ccc(N2CCN(Cc3ccccc3)CC2)c(NC(=O)/C=C/c2ccc(Cl)c([N+](=O)[O-])c2)c1. The van der Waals surface area contributed by atoms with Gasteiger partial charge in [-0.1, -0.05) is 48.0 Å².